The predicted octanol–water partition coefficient (Wildman–Crippen LogP) is 1.85. The van der Waals surface area contributed by atoms with Crippen molar-refractivity contribution in [3.8, 4) is 0 Å². The highest BCUT2D eigenvalue weighted by Gasteiger charge is 2.08. The maximum absolute atomic E-state index is 12.6. The van der Waals surface area contributed by atoms with Crippen molar-refractivity contribution < 1.29 is 9.18 Å². The molecule has 0 fully saturated rings. The Morgan fingerprint density at radius 2 is 1.73 bits per heavy atom. The molecule has 0 aliphatic rings. The number of nitrogens with zero attached hydrogens (tertiary/aromatic N) is 2. The van der Waals surface area contributed by atoms with Crippen LogP contribution in [0, 0.1) is 5.82 Å². The van der Waals surface area contributed by atoms with Gasteiger partial charge in [-0.15, -0.1) is 0 Å². The van der Waals surface area contributed by atoms with Crippen LogP contribution in [-0.4, -0.2) is 16.0 Å². The summed E-state index contributed by atoms with van der Waals surface area (Å²) in [4.78, 5) is 11.8. The molecule has 15 heavy (non-hydrogen) atoms. The third-order valence-electron chi connectivity index (χ3n) is 1.95. The van der Waals surface area contributed by atoms with Crippen LogP contribution >= 0.6 is 0 Å². The maximum atomic E-state index is 12.6. The average Bonchev–Trinajstić information content (AvgIpc) is 2.30. The second-order valence-electron chi connectivity index (χ2n) is 2.97. The molecule has 1 aromatic carbocycles. The second-order valence-corrected chi connectivity index (χ2v) is 2.97. The Morgan fingerprint density at radius 1 is 1.00 bits per heavy atom. The zero-order chi connectivity index (χ0) is 10.7. The molecule has 0 amide bonds. The van der Waals surface area contributed by atoms with Gasteiger partial charge in [0.15, 0.2) is 5.78 Å². The quantitative estimate of drug-likeness (QED) is 0.698. The minimum absolute atomic E-state index is 0.190. The first-order chi connectivity index (χ1) is 7.27. The van der Waals surface area contributed by atoms with Crippen LogP contribution in [0.15, 0.2) is 42.7 Å². The van der Waals surface area contributed by atoms with Crippen molar-refractivity contribution in [2.75, 3.05) is 0 Å². The molecule has 0 unspecified atom stereocenters. The molecule has 0 spiro atoms. The van der Waals surface area contributed by atoms with Gasteiger partial charge in [-0.2, -0.15) is 10.2 Å². The van der Waals surface area contributed by atoms with E-state index in [1.807, 2.05) is 0 Å². The van der Waals surface area contributed by atoms with Gasteiger partial charge in [0.1, 0.15) is 5.82 Å². The van der Waals surface area contributed by atoms with E-state index in [0.29, 0.717) is 11.1 Å². The number of halogens is 1. The number of hydrogen-bond donors (Lipinski definition) is 0. The number of benzene rings is 1. The summed E-state index contributed by atoms with van der Waals surface area (Å²) in [7, 11) is 0. The SMILES string of the molecule is O=C(c1ccc(F)cc1)c1ccnnc1. The van der Waals surface area contributed by atoms with Crippen LogP contribution in [0.1, 0.15) is 15.9 Å². The summed E-state index contributed by atoms with van der Waals surface area (Å²) in [6.45, 7) is 0. The molecule has 0 aliphatic carbocycles. The molecular formula is C11H7FN2O. The van der Waals surface area contributed by atoms with E-state index >= 15 is 0 Å². The van der Waals surface area contributed by atoms with Crippen LogP contribution in [0.3, 0.4) is 0 Å². The molecule has 3 nitrogen and oxygen atoms in total. The van der Waals surface area contributed by atoms with E-state index in [-0.39, 0.29) is 11.6 Å². The number of rotatable bonds is 2. The Kier molecular flexibility index (Phi) is 2.49. The Bertz CT molecular complexity index is 468. The van der Waals surface area contributed by atoms with E-state index in [9.17, 15) is 9.18 Å². The lowest BCUT2D eigenvalue weighted by molar-refractivity contribution is 0.103. The third-order valence-corrected chi connectivity index (χ3v) is 1.95. The lowest BCUT2D eigenvalue weighted by Crippen LogP contribution is -2.01. The number of aromatic nitrogens is 2. The summed E-state index contributed by atoms with van der Waals surface area (Å²) >= 11 is 0. The third kappa shape index (κ3) is 2.04. The number of ketones is 1. The highest BCUT2D eigenvalue weighted by molar-refractivity contribution is 6.08. The summed E-state index contributed by atoms with van der Waals surface area (Å²) in [5, 5.41) is 7.18. The topological polar surface area (TPSA) is 42.9 Å². The fraction of sp³-hybridized carbons (Fsp3) is 0. The van der Waals surface area contributed by atoms with Crippen molar-refractivity contribution in [1.82, 2.24) is 10.2 Å². The van der Waals surface area contributed by atoms with E-state index in [1.165, 1.54) is 36.7 Å². The van der Waals surface area contributed by atoms with E-state index in [0.717, 1.165) is 0 Å². The van der Waals surface area contributed by atoms with Crippen molar-refractivity contribution >= 4 is 5.78 Å². The molecule has 1 heterocycles. The minimum Gasteiger partial charge on any atom is -0.289 e. The molecule has 2 rings (SSSR count). The average molecular weight is 202 g/mol. The molecule has 4 heteroatoms. The summed E-state index contributed by atoms with van der Waals surface area (Å²) in [6.07, 6.45) is 2.82. The largest absolute Gasteiger partial charge is 0.289 e. The molecule has 0 radical (unpaired) electrons. The monoisotopic (exact) mass is 202 g/mol. The highest BCUT2D eigenvalue weighted by Crippen LogP contribution is 2.08. The smallest absolute Gasteiger partial charge is 0.194 e. The van der Waals surface area contributed by atoms with Gasteiger partial charge in [0, 0.05) is 11.1 Å². The van der Waals surface area contributed by atoms with Crippen LogP contribution in [0.2, 0.25) is 0 Å². The summed E-state index contributed by atoms with van der Waals surface area (Å²) in [5.74, 6) is -0.552. The fourth-order valence-corrected chi connectivity index (χ4v) is 1.19. The molecule has 0 aliphatic heterocycles. The molecule has 0 bridgehead atoms. The zero-order valence-electron chi connectivity index (χ0n) is 7.72. The van der Waals surface area contributed by atoms with Crippen LogP contribution in [0.4, 0.5) is 4.39 Å². The Morgan fingerprint density at radius 3 is 2.33 bits per heavy atom. The van der Waals surface area contributed by atoms with Crippen LogP contribution in [-0.2, 0) is 0 Å². The van der Waals surface area contributed by atoms with Gasteiger partial charge in [-0.1, -0.05) is 0 Å². The molecule has 0 N–H and O–H groups in total. The molecule has 0 saturated heterocycles. The maximum Gasteiger partial charge on any atom is 0.194 e. The minimum atomic E-state index is -0.362. The van der Waals surface area contributed by atoms with Gasteiger partial charge in [0.2, 0.25) is 0 Å². The van der Waals surface area contributed by atoms with E-state index in [2.05, 4.69) is 10.2 Å². The van der Waals surface area contributed by atoms with Gasteiger partial charge in [-0.3, -0.25) is 4.79 Å². The first-order valence-electron chi connectivity index (χ1n) is 4.34. The van der Waals surface area contributed by atoms with Crippen molar-refractivity contribution in [2.45, 2.75) is 0 Å². The Balaban J connectivity index is 2.33. The molecule has 0 saturated carbocycles. The highest BCUT2D eigenvalue weighted by atomic mass is 19.1. The molecular weight excluding hydrogens is 195 g/mol. The lowest BCUT2D eigenvalue weighted by Gasteiger charge is -1.99. The normalized spacial score (nSPS) is 9.93. The van der Waals surface area contributed by atoms with Gasteiger partial charge in [-0.25, -0.2) is 4.39 Å². The number of hydrogen-bond acceptors (Lipinski definition) is 3. The number of carbonyl (C=O) groups is 1. The first-order valence-corrected chi connectivity index (χ1v) is 4.34. The number of carbonyl (C=O) groups excluding carboxylic acids is 1. The van der Waals surface area contributed by atoms with Crippen LogP contribution < -0.4 is 0 Å². The molecule has 0 atom stereocenters. The van der Waals surface area contributed by atoms with Crippen LogP contribution in [0.25, 0.3) is 0 Å². The first kappa shape index (κ1) is 9.45. The summed E-state index contributed by atoms with van der Waals surface area (Å²) < 4.78 is 12.6. The Labute approximate surface area is 85.6 Å². The van der Waals surface area contributed by atoms with E-state index < -0.39 is 0 Å². The van der Waals surface area contributed by atoms with Gasteiger partial charge >= 0.3 is 0 Å². The predicted molar refractivity (Wildman–Crippen MR) is 51.9 cm³/mol. The summed E-state index contributed by atoms with van der Waals surface area (Å²) in [6, 6.07) is 6.96. The van der Waals surface area contributed by atoms with Gasteiger partial charge in [0.05, 0.1) is 12.4 Å². The standard InChI is InChI=1S/C11H7FN2O/c12-10-3-1-8(2-4-10)11(15)9-5-6-13-14-7-9/h1-7H. The summed E-state index contributed by atoms with van der Waals surface area (Å²) in [5.41, 5.74) is 0.876. The van der Waals surface area contributed by atoms with Crippen molar-refractivity contribution in [3.05, 3.63) is 59.7 Å². The van der Waals surface area contributed by atoms with Crippen LogP contribution in [0.5, 0.6) is 0 Å². The molecule has 2 aromatic rings. The molecule has 1 aromatic heterocycles. The van der Waals surface area contributed by atoms with Crippen molar-refractivity contribution in [2.24, 2.45) is 0 Å². The fourth-order valence-electron chi connectivity index (χ4n) is 1.19. The van der Waals surface area contributed by atoms with E-state index in [1.54, 1.807) is 6.07 Å². The molecule has 74 valence electrons. The second kappa shape index (κ2) is 3.96. The zero-order valence-corrected chi connectivity index (χ0v) is 7.72. The van der Waals surface area contributed by atoms with Crippen molar-refractivity contribution in [1.29, 1.82) is 0 Å². The Hall–Kier alpha value is -2.10. The van der Waals surface area contributed by atoms with Crippen molar-refractivity contribution in [3.63, 3.8) is 0 Å². The van der Waals surface area contributed by atoms with Gasteiger partial charge < -0.3 is 0 Å². The van der Waals surface area contributed by atoms with Gasteiger partial charge in [-0.05, 0) is 30.3 Å². The van der Waals surface area contributed by atoms with Gasteiger partial charge in [0.25, 0.3) is 0 Å². The van der Waals surface area contributed by atoms with E-state index in [4.69, 9.17) is 0 Å². The lowest BCUT2D eigenvalue weighted by atomic mass is 10.1.